The molecule has 0 saturated heterocycles. The summed E-state index contributed by atoms with van der Waals surface area (Å²) in [6, 6.07) is 0. The number of carbonyl (C=O) groups is 2. The van der Waals surface area contributed by atoms with Gasteiger partial charge in [-0.15, -0.1) is 0 Å². The lowest BCUT2D eigenvalue weighted by molar-refractivity contribution is -0.159. The number of halogens is 2. The first-order valence-corrected chi connectivity index (χ1v) is 3.21. The molecule has 0 radical (unpaired) electrons. The molecule has 0 amide bonds. The fourth-order valence-corrected chi connectivity index (χ4v) is 0. The van der Waals surface area contributed by atoms with Crippen molar-refractivity contribution in [2.75, 3.05) is 0 Å². The number of aliphatic carboxylic acids is 2. The van der Waals surface area contributed by atoms with Gasteiger partial charge in [-0.05, 0) is 18.5 Å². The molecular weight excluding hydrogens is 211 g/mol. The molecule has 0 aromatic carbocycles. The summed E-state index contributed by atoms with van der Waals surface area (Å²) in [5.74, 6) is -3.65. The first-order chi connectivity index (χ1) is 5.29. The molecule has 5 nitrogen and oxygen atoms in total. The van der Waals surface area contributed by atoms with E-state index >= 15 is 0 Å². The van der Waals surface area contributed by atoms with Crippen LogP contribution in [0.2, 0.25) is 0 Å². The Morgan fingerprint density at radius 3 is 1.17 bits per heavy atom. The van der Waals surface area contributed by atoms with E-state index in [1.54, 1.807) is 0 Å². The molecule has 0 unspecified atom stereocenters. The van der Waals surface area contributed by atoms with Crippen LogP contribution in [-0.2, 0) is 9.59 Å². The summed E-state index contributed by atoms with van der Waals surface area (Å²) < 4.78 is 0. The van der Waals surface area contributed by atoms with E-state index in [-0.39, 0.29) is 10.3 Å². The standard InChI is InChI=1S/C3H4Cl2O.C2H2O4/c1-2(4)3(5)6;3-1(4)2(5)6/h6H,1H3;(H,3,4)(H,5,6). The Hall–Kier alpha value is -0.940. The SMILES string of the molecule is CC(Cl)=C(O)Cl.O=C(O)C(=O)O. The third-order valence-corrected chi connectivity index (χ3v) is 1.03. The van der Waals surface area contributed by atoms with Crippen LogP contribution in [0.25, 0.3) is 0 Å². The molecule has 0 rings (SSSR count). The highest BCUT2D eigenvalue weighted by atomic mass is 35.5. The van der Waals surface area contributed by atoms with Crippen molar-refractivity contribution in [1.29, 1.82) is 0 Å². The summed E-state index contributed by atoms with van der Waals surface area (Å²) in [5.41, 5.74) is 0. The maximum absolute atomic E-state index is 9.10. The van der Waals surface area contributed by atoms with Crippen LogP contribution < -0.4 is 0 Å². The van der Waals surface area contributed by atoms with E-state index in [9.17, 15) is 0 Å². The van der Waals surface area contributed by atoms with Gasteiger partial charge in [0.1, 0.15) is 0 Å². The maximum Gasteiger partial charge on any atom is 0.414 e. The van der Waals surface area contributed by atoms with Crippen molar-refractivity contribution < 1.29 is 24.9 Å². The fraction of sp³-hybridized carbons (Fsp3) is 0.200. The van der Waals surface area contributed by atoms with Crippen molar-refractivity contribution in [3.05, 3.63) is 10.3 Å². The zero-order valence-corrected chi connectivity index (χ0v) is 7.43. The minimum Gasteiger partial charge on any atom is -0.498 e. The quantitative estimate of drug-likeness (QED) is 0.420. The minimum atomic E-state index is -1.82. The smallest absolute Gasteiger partial charge is 0.414 e. The van der Waals surface area contributed by atoms with E-state index in [0.717, 1.165) is 0 Å². The number of allylic oxidation sites excluding steroid dienone is 1. The molecule has 3 N–H and O–H groups in total. The molecule has 0 heterocycles. The van der Waals surface area contributed by atoms with Gasteiger partial charge >= 0.3 is 11.9 Å². The Balaban J connectivity index is 0. The summed E-state index contributed by atoms with van der Waals surface area (Å²) >= 11 is 10.0. The van der Waals surface area contributed by atoms with Crippen molar-refractivity contribution in [3.63, 3.8) is 0 Å². The molecular formula is C5H6Cl2O5. The molecule has 0 spiro atoms. The molecule has 7 heteroatoms. The molecule has 0 aliphatic rings. The van der Waals surface area contributed by atoms with Crippen LogP contribution in [0, 0.1) is 0 Å². The molecule has 0 aromatic rings. The van der Waals surface area contributed by atoms with Gasteiger partial charge in [0.2, 0.25) is 0 Å². The van der Waals surface area contributed by atoms with E-state index in [1.165, 1.54) is 6.92 Å². The van der Waals surface area contributed by atoms with Gasteiger partial charge in [-0.2, -0.15) is 0 Å². The summed E-state index contributed by atoms with van der Waals surface area (Å²) in [6.07, 6.45) is 0. The van der Waals surface area contributed by atoms with Crippen molar-refractivity contribution in [3.8, 4) is 0 Å². The number of hydrogen-bond acceptors (Lipinski definition) is 3. The maximum atomic E-state index is 9.10. The summed E-state index contributed by atoms with van der Waals surface area (Å²) in [4.78, 5) is 18.2. The Morgan fingerprint density at radius 2 is 1.17 bits per heavy atom. The lowest BCUT2D eigenvalue weighted by atomic mass is 10.7. The first kappa shape index (κ1) is 13.6. The van der Waals surface area contributed by atoms with Crippen LogP contribution in [0.3, 0.4) is 0 Å². The van der Waals surface area contributed by atoms with Gasteiger partial charge in [-0.25, -0.2) is 9.59 Å². The van der Waals surface area contributed by atoms with Gasteiger partial charge in [0, 0.05) is 0 Å². The van der Waals surface area contributed by atoms with Crippen LogP contribution >= 0.6 is 23.2 Å². The molecule has 0 saturated carbocycles. The average Bonchev–Trinajstić information content (AvgIpc) is 1.88. The second-order valence-corrected chi connectivity index (χ2v) is 2.36. The second kappa shape index (κ2) is 6.75. The predicted molar refractivity (Wildman–Crippen MR) is 42.3 cm³/mol. The van der Waals surface area contributed by atoms with Gasteiger partial charge in [-0.3, -0.25) is 0 Å². The van der Waals surface area contributed by atoms with Gasteiger partial charge in [0.25, 0.3) is 0 Å². The predicted octanol–water partition coefficient (Wildman–Crippen LogP) is 1.37. The molecule has 70 valence electrons. The highest BCUT2D eigenvalue weighted by Gasteiger charge is 2.04. The lowest BCUT2D eigenvalue weighted by Crippen LogP contribution is -2.09. The van der Waals surface area contributed by atoms with Crippen molar-refractivity contribution in [2.24, 2.45) is 0 Å². The molecule has 0 aromatic heterocycles. The molecule has 0 atom stereocenters. The first-order valence-electron chi connectivity index (χ1n) is 2.46. The summed E-state index contributed by atoms with van der Waals surface area (Å²) in [6.45, 7) is 1.50. The normalized spacial score (nSPS) is 10.6. The van der Waals surface area contributed by atoms with Gasteiger partial charge < -0.3 is 15.3 Å². The molecule has 0 aliphatic carbocycles. The number of carboxylic acid groups (broad SMARTS) is 2. The van der Waals surface area contributed by atoms with E-state index in [0.29, 0.717) is 0 Å². The topological polar surface area (TPSA) is 94.8 Å². The number of hydrogen-bond donors (Lipinski definition) is 3. The van der Waals surface area contributed by atoms with Crippen LogP contribution in [0.15, 0.2) is 10.3 Å². The molecule has 12 heavy (non-hydrogen) atoms. The number of aliphatic hydroxyl groups excluding tert-OH is 1. The van der Waals surface area contributed by atoms with E-state index < -0.39 is 11.9 Å². The zero-order chi connectivity index (χ0) is 10.3. The van der Waals surface area contributed by atoms with Crippen LogP contribution in [0.4, 0.5) is 0 Å². The molecule has 0 aliphatic heterocycles. The zero-order valence-electron chi connectivity index (χ0n) is 5.91. The average molecular weight is 217 g/mol. The van der Waals surface area contributed by atoms with E-state index in [4.69, 9.17) is 48.1 Å². The Labute approximate surface area is 77.8 Å². The van der Waals surface area contributed by atoms with Gasteiger partial charge in [0.05, 0.1) is 5.03 Å². The van der Waals surface area contributed by atoms with Crippen LogP contribution in [-0.4, -0.2) is 27.3 Å². The Kier molecular flexibility index (Phi) is 7.67. The third kappa shape index (κ3) is 11.8. The lowest BCUT2D eigenvalue weighted by Gasteiger charge is -1.81. The highest BCUT2D eigenvalue weighted by molar-refractivity contribution is 6.37. The van der Waals surface area contributed by atoms with E-state index in [1.807, 2.05) is 0 Å². The van der Waals surface area contributed by atoms with Crippen LogP contribution in [0.5, 0.6) is 0 Å². The minimum absolute atomic E-state index is 0.219. The number of rotatable bonds is 0. The number of aliphatic hydroxyl groups is 1. The largest absolute Gasteiger partial charge is 0.498 e. The molecule has 0 bridgehead atoms. The fourth-order valence-electron chi connectivity index (χ4n) is 0. The second-order valence-electron chi connectivity index (χ2n) is 1.43. The van der Waals surface area contributed by atoms with Gasteiger partial charge in [-0.1, -0.05) is 11.6 Å². The highest BCUT2D eigenvalue weighted by Crippen LogP contribution is 2.07. The van der Waals surface area contributed by atoms with Crippen molar-refractivity contribution in [2.45, 2.75) is 6.92 Å². The molecule has 0 fully saturated rings. The van der Waals surface area contributed by atoms with Crippen molar-refractivity contribution >= 4 is 35.1 Å². The van der Waals surface area contributed by atoms with Crippen LogP contribution in [0.1, 0.15) is 6.92 Å². The van der Waals surface area contributed by atoms with E-state index in [2.05, 4.69) is 0 Å². The Morgan fingerprint density at radius 1 is 1.00 bits per heavy atom. The third-order valence-electron chi connectivity index (χ3n) is 0.467. The van der Waals surface area contributed by atoms with Gasteiger partial charge in [0.15, 0.2) is 5.22 Å². The Bertz CT molecular complexity index is 180. The summed E-state index contributed by atoms with van der Waals surface area (Å²) in [7, 11) is 0. The monoisotopic (exact) mass is 216 g/mol. The van der Waals surface area contributed by atoms with Crippen molar-refractivity contribution in [1.82, 2.24) is 0 Å². The number of carboxylic acids is 2. The summed E-state index contributed by atoms with van der Waals surface area (Å²) in [5, 5.41) is 22.8.